The Morgan fingerprint density at radius 1 is 1.40 bits per heavy atom. The van der Waals surface area contributed by atoms with E-state index in [4.69, 9.17) is 4.74 Å². The molecule has 0 heterocycles. The van der Waals surface area contributed by atoms with E-state index in [0.29, 0.717) is 5.56 Å². The lowest BCUT2D eigenvalue weighted by atomic mass is 10.0. The summed E-state index contributed by atoms with van der Waals surface area (Å²) in [7, 11) is 1.45. The monoisotopic (exact) mass is 210 g/mol. The molecular formula is C11H14O4. The van der Waals surface area contributed by atoms with Crippen molar-refractivity contribution in [1.29, 1.82) is 0 Å². The highest BCUT2D eigenvalue weighted by molar-refractivity contribution is 5.97. The number of hydrogen-bond acceptors (Lipinski definition) is 4. The van der Waals surface area contributed by atoms with Gasteiger partial charge < -0.3 is 14.9 Å². The lowest BCUT2D eigenvalue weighted by Crippen LogP contribution is -1.99. The summed E-state index contributed by atoms with van der Waals surface area (Å²) >= 11 is 0. The van der Waals surface area contributed by atoms with Gasteiger partial charge in [0.1, 0.15) is 11.5 Å². The largest absolute Gasteiger partial charge is 0.507 e. The minimum Gasteiger partial charge on any atom is -0.507 e. The molecule has 1 aromatic rings. The second-order valence-corrected chi connectivity index (χ2v) is 3.41. The third-order valence-corrected chi connectivity index (χ3v) is 2.23. The summed E-state index contributed by atoms with van der Waals surface area (Å²) in [6.45, 7) is 3.10. The average molecular weight is 210 g/mol. The van der Waals surface area contributed by atoms with E-state index in [0.717, 1.165) is 0 Å². The number of aromatic hydroxyl groups is 2. The standard InChI is InChI=1S/C11H14O4/c1-6-4-8(7(2)12)11(14)9(5-15-3)10(6)13/h4,13-14H,5H2,1-3H3. The molecule has 0 radical (unpaired) electrons. The summed E-state index contributed by atoms with van der Waals surface area (Å²) in [4.78, 5) is 11.2. The molecule has 0 spiro atoms. The Morgan fingerprint density at radius 3 is 2.47 bits per heavy atom. The van der Waals surface area contributed by atoms with Crippen molar-refractivity contribution in [2.45, 2.75) is 20.5 Å². The molecule has 4 nitrogen and oxygen atoms in total. The number of Topliss-reactive ketones (excluding diaryl/α,β-unsaturated/α-hetero) is 1. The van der Waals surface area contributed by atoms with Crippen LogP contribution in [0, 0.1) is 6.92 Å². The van der Waals surface area contributed by atoms with Crippen molar-refractivity contribution in [2.24, 2.45) is 0 Å². The zero-order valence-electron chi connectivity index (χ0n) is 9.00. The van der Waals surface area contributed by atoms with E-state index in [2.05, 4.69) is 0 Å². The molecule has 4 heteroatoms. The lowest BCUT2D eigenvalue weighted by molar-refractivity contribution is 0.101. The van der Waals surface area contributed by atoms with E-state index < -0.39 is 0 Å². The predicted octanol–water partition coefficient (Wildman–Crippen LogP) is 1.76. The fraction of sp³-hybridized carbons (Fsp3) is 0.364. The lowest BCUT2D eigenvalue weighted by Gasteiger charge is -2.11. The number of ether oxygens (including phenoxy) is 1. The number of benzene rings is 1. The molecule has 0 bridgehead atoms. The van der Waals surface area contributed by atoms with Gasteiger partial charge in [0.2, 0.25) is 0 Å². The number of hydrogen-bond donors (Lipinski definition) is 2. The van der Waals surface area contributed by atoms with Gasteiger partial charge in [-0.1, -0.05) is 0 Å². The number of methoxy groups -OCH3 is 1. The number of aryl methyl sites for hydroxylation is 1. The van der Waals surface area contributed by atoms with Gasteiger partial charge in [-0.2, -0.15) is 0 Å². The van der Waals surface area contributed by atoms with Gasteiger partial charge in [0, 0.05) is 7.11 Å². The Bertz CT molecular complexity index is 396. The van der Waals surface area contributed by atoms with Crippen LogP contribution in [0.1, 0.15) is 28.4 Å². The molecule has 0 saturated heterocycles. The fourth-order valence-electron chi connectivity index (χ4n) is 1.42. The van der Waals surface area contributed by atoms with Crippen molar-refractivity contribution < 1.29 is 19.7 Å². The molecule has 0 saturated carbocycles. The van der Waals surface area contributed by atoms with E-state index in [1.165, 1.54) is 20.1 Å². The number of phenolic OH excluding ortho intramolecular Hbond substituents is 2. The van der Waals surface area contributed by atoms with Gasteiger partial charge in [-0.25, -0.2) is 0 Å². The number of ketones is 1. The third kappa shape index (κ3) is 2.10. The molecule has 1 rings (SSSR count). The van der Waals surface area contributed by atoms with Crippen LogP contribution >= 0.6 is 0 Å². The molecule has 0 fully saturated rings. The van der Waals surface area contributed by atoms with Gasteiger partial charge in [0.25, 0.3) is 0 Å². The second-order valence-electron chi connectivity index (χ2n) is 3.41. The first-order valence-electron chi connectivity index (χ1n) is 4.53. The van der Waals surface area contributed by atoms with Crippen LogP contribution in [0.15, 0.2) is 6.07 Å². The SMILES string of the molecule is COCc1c(O)c(C)cc(C(C)=O)c1O. The topological polar surface area (TPSA) is 66.8 Å². The molecule has 82 valence electrons. The highest BCUT2D eigenvalue weighted by atomic mass is 16.5. The van der Waals surface area contributed by atoms with E-state index in [1.807, 2.05) is 0 Å². The Kier molecular flexibility index (Phi) is 3.31. The van der Waals surface area contributed by atoms with Crippen LogP contribution in [0.3, 0.4) is 0 Å². The molecule has 0 aliphatic rings. The van der Waals surface area contributed by atoms with Gasteiger partial charge in [0.05, 0.1) is 17.7 Å². The minimum atomic E-state index is -0.243. The quantitative estimate of drug-likeness (QED) is 0.746. The Labute approximate surface area is 88.1 Å². The van der Waals surface area contributed by atoms with E-state index in [1.54, 1.807) is 6.92 Å². The predicted molar refractivity (Wildman–Crippen MR) is 55.2 cm³/mol. The summed E-state index contributed by atoms with van der Waals surface area (Å²) in [5, 5.41) is 19.4. The normalized spacial score (nSPS) is 10.3. The fourth-order valence-corrected chi connectivity index (χ4v) is 1.42. The third-order valence-electron chi connectivity index (χ3n) is 2.23. The van der Waals surface area contributed by atoms with Crippen molar-refractivity contribution in [3.63, 3.8) is 0 Å². The van der Waals surface area contributed by atoms with E-state index in [-0.39, 0.29) is 35.0 Å². The maximum absolute atomic E-state index is 11.2. The summed E-state index contributed by atoms with van der Waals surface area (Å²) < 4.78 is 4.85. The van der Waals surface area contributed by atoms with Crippen LogP contribution < -0.4 is 0 Å². The Morgan fingerprint density at radius 2 is 2.00 bits per heavy atom. The maximum atomic E-state index is 11.2. The van der Waals surface area contributed by atoms with Gasteiger partial charge in [-0.3, -0.25) is 4.79 Å². The molecule has 0 aliphatic carbocycles. The zero-order chi connectivity index (χ0) is 11.6. The Hall–Kier alpha value is -1.55. The van der Waals surface area contributed by atoms with Crippen LogP contribution in [-0.4, -0.2) is 23.1 Å². The molecule has 1 aromatic carbocycles. The smallest absolute Gasteiger partial charge is 0.163 e. The Balaban J connectivity index is 3.41. The summed E-state index contributed by atoms with van der Waals surface area (Å²) in [6, 6.07) is 1.46. The first kappa shape index (κ1) is 11.5. The van der Waals surface area contributed by atoms with Crippen molar-refractivity contribution >= 4 is 5.78 Å². The van der Waals surface area contributed by atoms with Crippen molar-refractivity contribution in [1.82, 2.24) is 0 Å². The number of carbonyl (C=O) groups excluding carboxylic acids is 1. The summed E-state index contributed by atoms with van der Waals surface area (Å²) in [5.41, 5.74) is 1.00. The molecule has 0 aliphatic heterocycles. The zero-order valence-corrected chi connectivity index (χ0v) is 9.00. The highest BCUT2D eigenvalue weighted by Gasteiger charge is 2.17. The number of carbonyl (C=O) groups is 1. The van der Waals surface area contributed by atoms with Gasteiger partial charge in [-0.15, -0.1) is 0 Å². The molecule has 0 unspecified atom stereocenters. The van der Waals surface area contributed by atoms with Gasteiger partial charge in [0.15, 0.2) is 5.78 Å². The van der Waals surface area contributed by atoms with Crippen LogP contribution in [-0.2, 0) is 11.3 Å². The van der Waals surface area contributed by atoms with E-state index in [9.17, 15) is 15.0 Å². The number of rotatable bonds is 3. The second kappa shape index (κ2) is 4.31. The van der Waals surface area contributed by atoms with Crippen molar-refractivity contribution in [3.05, 3.63) is 22.8 Å². The van der Waals surface area contributed by atoms with Gasteiger partial charge in [-0.05, 0) is 25.5 Å². The molecule has 15 heavy (non-hydrogen) atoms. The first-order valence-corrected chi connectivity index (χ1v) is 4.53. The van der Waals surface area contributed by atoms with Gasteiger partial charge >= 0.3 is 0 Å². The van der Waals surface area contributed by atoms with Crippen LogP contribution in [0.5, 0.6) is 11.5 Å². The maximum Gasteiger partial charge on any atom is 0.163 e. The van der Waals surface area contributed by atoms with Crippen LogP contribution in [0.2, 0.25) is 0 Å². The van der Waals surface area contributed by atoms with Crippen molar-refractivity contribution in [3.8, 4) is 11.5 Å². The number of phenols is 2. The van der Waals surface area contributed by atoms with E-state index >= 15 is 0 Å². The molecule has 0 amide bonds. The van der Waals surface area contributed by atoms with Crippen LogP contribution in [0.4, 0.5) is 0 Å². The summed E-state index contributed by atoms with van der Waals surface area (Å²) in [5.74, 6) is -0.472. The van der Waals surface area contributed by atoms with Crippen LogP contribution in [0.25, 0.3) is 0 Å². The molecular weight excluding hydrogens is 196 g/mol. The first-order chi connectivity index (χ1) is 6.99. The van der Waals surface area contributed by atoms with Crippen molar-refractivity contribution in [2.75, 3.05) is 7.11 Å². The minimum absolute atomic E-state index is 0.0284. The highest BCUT2D eigenvalue weighted by Crippen LogP contribution is 2.34. The summed E-state index contributed by atoms with van der Waals surface area (Å²) in [6.07, 6.45) is 0. The molecule has 0 atom stereocenters. The molecule has 2 N–H and O–H groups in total. The average Bonchev–Trinajstić information content (AvgIpc) is 2.18. The molecule has 0 aromatic heterocycles.